The van der Waals surface area contributed by atoms with E-state index >= 15 is 0 Å². The average Bonchev–Trinajstić information content (AvgIpc) is 3.46. The molecule has 11 heteroatoms. The Balaban J connectivity index is 2.18. The number of carboxylic acids is 1. The number of nitrogens with zero attached hydrogens (tertiary/aromatic N) is 2. The van der Waals surface area contributed by atoms with Crippen molar-refractivity contribution in [3.63, 3.8) is 0 Å². The van der Waals surface area contributed by atoms with E-state index in [2.05, 4.69) is 20.6 Å². The number of imidazole rings is 1. The highest BCUT2D eigenvalue weighted by molar-refractivity contribution is 5.94. The number of carbonyl (C=O) groups excluding carboxylic acids is 3. The summed E-state index contributed by atoms with van der Waals surface area (Å²) in [5.74, 6) is -2.88. The van der Waals surface area contributed by atoms with E-state index in [0.29, 0.717) is 31.5 Å². The van der Waals surface area contributed by atoms with E-state index in [9.17, 15) is 24.3 Å². The molecule has 1 fully saturated rings. The van der Waals surface area contributed by atoms with Crippen molar-refractivity contribution in [1.29, 1.82) is 0 Å². The lowest BCUT2D eigenvalue weighted by Crippen LogP contribution is -2.58. The molecule has 5 atom stereocenters. The van der Waals surface area contributed by atoms with Crippen LogP contribution in [0.15, 0.2) is 12.5 Å². The van der Waals surface area contributed by atoms with E-state index in [1.54, 1.807) is 6.92 Å². The number of amides is 3. The normalized spacial score (nSPS) is 19.6. The molecule has 0 spiro atoms. The molecule has 11 nitrogen and oxygen atoms in total. The van der Waals surface area contributed by atoms with Crippen LogP contribution in [-0.2, 0) is 25.6 Å². The van der Waals surface area contributed by atoms with Crippen LogP contribution in [0.5, 0.6) is 0 Å². The summed E-state index contributed by atoms with van der Waals surface area (Å²) in [6.07, 6.45) is 4.76. The molecule has 2 heterocycles. The zero-order valence-electron chi connectivity index (χ0n) is 19.7. The zero-order chi connectivity index (χ0) is 24.7. The van der Waals surface area contributed by atoms with E-state index in [-0.39, 0.29) is 24.2 Å². The predicted molar refractivity (Wildman–Crippen MR) is 121 cm³/mol. The third kappa shape index (κ3) is 6.77. The topological polar surface area (TPSA) is 171 Å². The number of aromatic amines is 1. The summed E-state index contributed by atoms with van der Waals surface area (Å²) in [6.45, 7) is 7.68. The first-order valence-corrected chi connectivity index (χ1v) is 11.4. The minimum absolute atomic E-state index is 0.0748. The van der Waals surface area contributed by atoms with Crippen molar-refractivity contribution < 1.29 is 24.3 Å². The van der Waals surface area contributed by atoms with Gasteiger partial charge in [-0.2, -0.15) is 0 Å². The smallest absolute Gasteiger partial charge is 0.326 e. The number of aliphatic carboxylic acids is 1. The number of likely N-dealkylation sites (tertiary alicyclic amines) is 1. The molecular weight excluding hydrogens is 428 g/mol. The molecule has 1 aliphatic rings. The molecule has 1 aliphatic heterocycles. The quantitative estimate of drug-likeness (QED) is 0.307. The van der Waals surface area contributed by atoms with Crippen LogP contribution in [0.2, 0.25) is 0 Å². The number of rotatable bonds is 11. The van der Waals surface area contributed by atoms with Crippen molar-refractivity contribution >= 4 is 23.7 Å². The fourth-order valence-electron chi connectivity index (χ4n) is 3.81. The minimum Gasteiger partial charge on any atom is -0.480 e. The van der Waals surface area contributed by atoms with Crippen molar-refractivity contribution in [2.75, 3.05) is 6.54 Å². The van der Waals surface area contributed by atoms with Gasteiger partial charge in [-0.15, -0.1) is 0 Å². The molecule has 0 aliphatic carbocycles. The van der Waals surface area contributed by atoms with E-state index in [0.717, 1.165) is 0 Å². The van der Waals surface area contributed by atoms with Gasteiger partial charge in [0.1, 0.15) is 18.1 Å². The summed E-state index contributed by atoms with van der Waals surface area (Å²) in [5.41, 5.74) is 6.62. The van der Waals surface area contributed by atoms with Gasteiger partial charge in [0.2, 0.25) is 17.7 Å². The highest BCUT2D eigenvalue weighted by atomic mass is 16.4. The lowest BCUT2D eigenvalue weighted by atomic mass is 9.98. The summed E-state index contributed by atoms with van der Waals surface area (Å²) >= 11 is 0. The fourth-order valence-corrected chi connectivity index (χ4v) is 3.81. The summed E-state index contributed by atoms with van der Waals surface area (Å²) < 4.78 is 0. The Morgan fingerprint density at radius 2 is 1.97 bits per heavy atom. The minimum atomic E-state index is -1.14. The largest absolute Gasteiger partial charge is 0.480 e. The Hall–Kier alpha value is -2.95. The number of aromatic nitrogens is 2. The van der Waals surface area contributed by atoms with E-state index < -0.39 is 42.0 Å². The van der Waals surface area contributed by atoms with E-state index in [4.69, 9.17) is 5.73 Å². The van der Waals surface area contributed by atoms with Crippen LogP contribution < -0.4 is 16.4 Å². The van der Waals surface area contributed by atoms with Crippen molar-refractivity contribution in [2.24, 2.45) is 17.6 Å². The van der Waals surface area contributed by atoms with Gasteiger partial charge in [-0.1, -0.05) is 34.1 Å². The Labute approximate surface area is 193 Å². The van der Waals surface area contributed by atoms with Crippen LogP contribution in [0.1, 0.15) is 52.7 Å². The molecule has 1 saturated heterocycles. The molecule has 0 saturated carbocycles. The van der Waals surface area contributed by atoms with Crippen molar-refractivity contribution in [2.45, 2.75) is 77.5 Å². The first kappa shape index (κ1) is 26.3. The number of hydrogen-bond donors (Lipinski definition) is 5. The number of nitrogens with one attached hydrogen (secondary N) is 3. The van der Waals surface area contributed by atoms with Crippen molar-refractivity contribution in [3.05, 3.63) is 18.2 Å². The Morgan fingerprint density at radius 1 is 1.27 bits per heavy atom. The average molecular weight is 465 g/mol. The molecule has 1 aromatic heterocycles. The predicted octanol–water partition coefficient (Wildman–Crippen LogP) is 0.0268. The lowest BCUT2D eigenvalue weighted by molar-refractivity contribution is -0.144. The molecule has 5 unspecified atom stereocenters. The van der Waals surface area contributed by atoms with Crippen LogP contribution in [-0.4, -0.2) is 74.4 Å². The van der Waals surface area contributed by atoms with Gasteiger partial charge in [-0.25, -0.2) is 9.78 Å². The lowest BCUT2D eigenvalue weighted by Gasteiger charge is -2.30. The molecule has 0 aromatic carbocycles. The van der Waals surface area contributed by atoms with Gasteiger partial charge < -0.3 is 31.4 Å². The molecule has 0 radical (unpaired) electrons. The Kier molecular flexibility index (Phi) is 9.39. The van der Waals surface area contributed by atoms with E-state index in [1.165, 1.54) is 17.4 Å². The van der Waals surface area contributed by atoms with Crippen LogP contribution >= 0.6 is 0 Å². The van der Waals surface area contributed by atoms with Crippen molar-refractivity contribution in [3.8, 4) is 0 Å². The van der Waals surface area contributed by atoms with Gasteiger partial charge in [-0.05, 0) is 24.7 Å². The molecule has 2 rings (SSSR count). The number of nitrogens with two attached hydrogens (primary N) is 1. The third-order valence-electron chi connectivity index (χ3n) is 6.23. The first-order chi connectivity index (χ1) is 15.6. The Morgan fingerprint density at radius 3 is 2.52 bits per heavy atom. The highest BCUT2D eigenvalue weighted by Crippen LogP contribution is 2.20. The standard InChI is InChI=1S/C22H36N6O5/c1-5-13(4)18(22(32)33)27-19(29)15(9-14-10-24-11-25-14)26-20(30)16-7-6-8-28(16)21(31)17(23)12(2)3/h10-13,15-18H,5-9,23H2,1-4H3,(H,24,25)(H,26,30)(H,27,29)(H,32,33). The molecule has 3 amide bonds. The fraction of sp³-hybridized carbons (Fsp3) is 0.682. The molecule has 184 valence electrons. The van der Waals surface area contributed by atoms with Crippen LogP contribution in [0.25, 0.3) is 0 Å². The molecular formula is C22H36N6O5. The van der Waals surface area contributed by atoms with E-state index in [1.807, 2.05) is 20.8 Å². The summed E-state index contributed by atoms with van der Waals surface area (Å²) in [4.78, 5) is 58.9. The summed E-state index contributed by atoms with van der Waals surface area (Å²) in [7, 11) is 0. The molecule has 33 heavy (non-hydrogen) atoms. The second-order valence-corrected chi connectivity index (χ2v) is 9.01. The van der Waals surface area contributed by atoms with Gasteiger partial charge >= 0.3 is 5.97 Å². The summed E-state index contributed by atoms with van der Waals surface area (Å²) in [6, 6.07) is -3.57. The molecule has 6 N–H and O–H groups in total. The van der Waals surface area contributed by atoms with Crippen molar-refractivity contribution in [1.82, 2.24) is 25.5 Å². The van der Waals surface area contributed by atoms with Crippen LogP contribution in [0, 0.1) is 11.8 Å². The second-order valence-electron chi connectivity index (χ2n) is 9.01. The second kappa shape index (κ2) is 11.8. The van der Waals surface area contributed by atoms with Gasteiger partial charge in [0, 0.05) is 24.9 Å². The number of carbonyl (C=O) groups is 4. The van der Waals surface area contributed by atoms with Crippen LogP contribution in [0.3, 0.4) is 0 Å². The maximum absolute atomic E-state index is 13.1. The maximum atomic E-state index is 13.1. The maximum Gasteiger partial charge on any atom is 0.326 e. The van der Waals surface area contributed by atoms with Gasteiger partial charge in [0.25, 0.3) is 0 Å². The number of carboxylic acid groups (broad SMARTS) is 1. The first-order valence-electron chi connectivity index (χ1n) is 11.4. The zero-order valence-corrected chi connectivity index (χ0v) is 19.7. The SMILES string of the molecule is CCC(C)C(NC(=O)C(Cc1cnc[nH]1)NC(=O)C1CCCN1C(=O)C(N)C(C)C)C(=O)O. The molecule has 0 bridgehead atoms. The van der Waals surface area contributed by atoms with Gasteiger partial charge in [0.05, 0.1) is 12.4 Å². The monoisotopic (exact) mass is 464 g/mol. The highest BCUT2D eigenvalue weighted by Gasteiger charge is 2.38. The molecule has 1 aromatic rings. The van der Waals surface area contributed by atoms with Crippen LogP contribution in [0.4, 0.5) is 0 Å². The van der Waals surface area contributed by atoms with Gasteiger partial charge in [0.15, 0.2) is 0 Å². The Bertz CT molecular complexity index is 827. The summed E-state index contributed by atoms with van der Waals surface area (Å²) in [5, 5.41) is 14.8. The third-order valence-corrected chi connectivity index (χ3v) is 6.23. The number of H-pyrrole nitrogens is 1. The van der Waals surface area contributed by atoms with Gasteiger partial charge in [-0.3, -0.25) is 14.4 Å². The number of hydrogen-bond acceptors (Lipinski definition) is 6.